The zero-order chi connectivity index (χ0) is 10.6. The number of nitrogens with zero attached hydrogens (tertiary/aromatic N) is 1. The van der Waals surface area contributed by atoms with Crippen molar-refractivity contribution in [3.05, 3.63) is 46.0 Å². The SMILES string of the molecule is CC(=O)[C@@H](C[N+](=O)[O-])c1ccccc1. The van der Waals surface area contributed by atoms with Crippen molar-refractivity contribution in [3.8, 4) is 0 Å². The van der Waals surface area contributed by atoms with E-state index in [1.807, 2.05) is 6.07 Å². The normalized spacial score (nSPS) is 12.1. The molecule has 0 spiro atoms. The lowest BCUT2D eigenvalue weighted by Crippen LogP contribution is -2.18. The Labute approximate surface area is 81.7 Å². The molecule has 1 rings (SSSR count). The summed E-state index contributed by atoms with van der Waals surface area (Å²) in [5.41, 5.74) is 0.705. The number of carbonyl (C=O) groups is 1. The highest BCUT2D eigenvalue weighted by molar-refractivity contribution is 5.83. The highest BCUT2D eigenvalue weighted by atomic mass is 16.6. The summed E-state index contributed by atoms with van der Waals surface area (Å²) in [6.45, 7) is 1.04. The van der Waals surface area contributed by atoms with Crippen LogP contribution in [0.3, 0.4) is 0 Å². The van der Waals surface area contributed by atoms with E-state index in [2.05, 4.69) is 0 Å². The molecule has 0 fully saturated rings. The minimum Gasteiger partial charge on any atom is -0.299 e. The van der Waals surface area contributed by atoms with Gasteiger partial charge < -0.3 is 0 Å². The monoisotopic (exact) mass is 193 g/mol. The minimum atomic E-state index is -0.619. The average molecular weight is 193 g/mol. The van der Waals surface area contributed by atoms with Crippen molar-refractivity contribution >= 4 is 5.78 Å². The van der Waals surface area contributed by atoms with Gasteiger partial charge in [0.1, 0.15) is 11.7 Å². The highest BCUT2D eigenvalue weighted by Gasteiger charge is 2.21. The number of ketones is 1. The Bertz CT molecular complexity index is 334. The molecule has 0 amide bonds. The van der Waals surface area contributed by atoms with Crippen LogP contribution >= 0.6 is 0 Å². The fourth-order valence-corrected chi connectivity index (χ4v) is 1.30. The molecule has 4 nitrogen and oxygen atoms in total. The lowest BCUT2D eigenvalue weighted by molar-refractivity contribution is -0.481. The van der Waals surface area contributed by atoms with E-state index in [0.717, 1.165) is 0 Å². The molecule has 0 aliphatic carbocycles. The van der Waals surface area contributed by atoms with Gasteiger partial charge in [0.15, 0.2) is 0 Å². The molecule has 1 aromatic rings. The predicted octanol–water partition coefficient (Wildman–Crippen LogP) is 1.64. The standard InChI is InChI=1S/C10H11NO3/c1-8(12)10(7-11(13)14)9-5-3-2-4-6-9/h2-6,10H,7H2,1H3/t10-/m1/s1. The van der Waals surface area contributed by atoms with E-state index in [1.165, 1.54) is 6.92 Å². The molecule has 1 aromatic carbocycles. The molecule has 4 heteroatoms. The van der Waals surface area contributed by atoms with Gasteiger partial charge in [-0.05, 0) is 12.5 Å². The smallest absolute Gasteiger partial charge is 0.217 e. The van der Waals surface area contributed by atoms with Crippen LogP contribution in [0.1, 0.15) is 18.4 Å². The van der Waals surface area contributed by atoms with Crippen LogP contribution in [0, 0.1) is 10.1 Å². The van der Waals surface area contributed by atoms with Gasteiger partial charge in [0.05, 0.1) is 0 Å². The minimum absolute atomic E-state index is 0.173. The van der Waals surface area contributed by atoms with Crippen LogP contribution in [-0.2, 0) is 4.79 Å². The third kappa shape index (κ3) is 2.65. The zero-order valence-electron chi connectivity index (χ0n) is 7.84. The molecule has 0 N–H and O–H groups in total. The summed E-state index contributed by atoms with van der Waals surface area (Å²) in [4.78, 5) is 21.1. The Balaban J connectivity index is 2.89. The van der Waals surface area contributed by atoms with Crippen molar-refractivity contribution in [2.24, 2.45) is 0 Å². The van der Waals surface area contributed by atoms with Crippen LogP contribution in [0.2, 0.25) is 0 Å². The largest absolute Gasteiger partial charge is 0.299 e. The molecular formula is C10H11NO3. The number of carbonyl (C=O) groups excluding carboxylic acids is 1. The quantitative estimate of drug-likeness (QED) is 0.539. The van der Waals surface area contributed by atoms with Gasteiger partial charge in [-0.15, -0.1) is 0 Å². The fourth-order valence-electron chi connectivity index (χ4n) is 1.30. The van der Waals surface area contributed by atoms with Gasteiger partial charge in [-0.25, -0.2) is 0 Å². The maximum atomic E-state index is 11.2. The van der Waals surface area contributed by atoms with Gasteiger partial charge in [0.25, 0.3) is 0 Å². The Morgan fingerprint density at radius 1 is 1.43 bits per heavy atom. The molecule has 0 aliphatic rings. The number of hydrogen-bond donors (Lipinski definition) is 0. The van der Waals surface area contributed by atoms with Crippen molar-refractivity contribution in [2.75, 3.05) is 6.54 Å². The summed E-state index contributed by atoms with van der Waals surface area (Å²) in [5, 5.41) is 10.3. The molecule has 0 bridgehead atoms. The van der Waals surface area contributed by atoms with Crippen LogP contribution in [0.4, 0.5) is 0 Å². The van der Waals surface area contributed by atoms with Gasteiger partial charge in [-0.2, -0.15) is 0 Å². The van der Waals surface area contributed by atoms with Crippen molar-refractivity contribution in [1.82, 2.24) is 0 Å². The number of hydrogen-bond acceptors (Lipinski definition) is 3. The molecule has 74 valence electrons. The maximum Gasteiger partial charge on any atom is 0.217 e. The number of benzene rings is 1. The molecule has 0 unspecified atom stereocenters. The maximum absolute atomic E-state index is 11.2. The molecule has 0 radical (unpaired) electrons. The summed E-state index contributed by atoms with van der Waals surface area (Å²) in [5.74, 6) is -0.793. The van der Waals surface area contributed by atoms with E-state index in [9.17, 15) is 14.9 Å². The number of Topliss-reactive ketones (excluding diaryl/α,β-unsaturated/α-hetero) is 1. The second-order valence-electron chi connectivity index (χ2n) is 3.09. The van der Waals surface area contributed by atoms with Crippen molar-refractivity contribution < 1.29 is 9.72 Å². The van der Waals surface area contributed by atoms with E-state index >= 15 is 0 Å². The third-order valence-electron chi connectivity index (χ3n) is 2.02. The molecule has 1 atom stereocenters. The molecule has 0 aliphatic heterocycles. The molecule has 0 aromatic heterocycles. The summed E-state index contributed by atoms with van der Waals surface area (Å²) < 4.78 is 0. The summed E-state index contributed by atoms with van der Waals surface area (Å²) in [6.07, 6.45) is 0. The lowest BCUT2D eigenvalue weighted by Gasteiger charge is -2.08. The summed E-state index contributed by atoms with van der Waals surface area (Å²) in [7, 11) is 0. The number of rotatable bonds is 4. The molecule has 0 heterocycles. The Hall–Kier alpha value is -1.71. The third-order valence-corrected chi connectivity index (χ3v) is 2.02. The van der Waals surface area contributed by atoms with Crippen molar-refractivity contribution in [3.63, 3.8) is 0 Å². The van der Waals surface area contributed by atoms with Crippen LogP contribution in [0.25, 0.3) is 0 Å². The molecule has 0 saturated carbocycles. The second-order valence-corrected chi connectivity index (χ2v) is 3.09. The van der Waals surface area contributed by atoms with Gasteiger partial charge >= 0.3 is 0 Å². The van der Waals surface area contributed by atoms with E-state index in [4.69, 9.17) is 0 Å². The van der Waals surface area contributed by atoms with Crippen LogP contribution in [-0.4, -0.2) is 17.3 Å². The first-order valence-electron chi connectivity index (χ1n) is 4.28. The Kier molecular flexibility index (Phi) is 3.34. The first-order valence-corrected chi connectivity index (χ1v) is 4.28. The van der Waals surface area contributed by atoms with Gasteiger partial charge in [0, 0.05) is 4.92 Å². The molecule has 0 saturated heterocycles. The van der Waals surface area contributed by atoms with Crippen LogP contribution in [0.15, 0.2) is 30.3 Å². The zero-order valence-corrected chi connectivity index (χ0v) is 7.84. The first kappa shape index (κ1) is 10.4. The molecule has 14 heavy (non-hydrogen) atoms. The average Bonchev–Trinajstić information content (AvgIpc) is 2.15. The van der Waals surface area contributed by atoms with Gasteiger partial charge in [-0.1, -0.05) is 30.3 Å². The van der Waals surface area contributed by atoms with Gasteiger partial charge in [-0.3, -0.25) is 14.9 Å². The lowest BCUT2D eigenvalue weighted by atomic mass is 9.96. The van der Waals surface area contributed by atoms with E-state index < -0.39 is 10.8 Å². The van der Waals surface area contributed by atoms with Crippen molar-refractivity contribution in [1.29, 1.82) is 0 Å². The van der Waals surface area contributed by atoms with Gasteiger partial charge in [0.2, 0.25) is 6.54 Å². The Morgan fingerprint density at radius 2 is 2.00 bits per heavy atom. The number of nitro groups is 1. The predicted molar refractivity (Wildman–Crippen MR) is 51.7 cm³/mol. The highest BCUT2D eigenvalue weighted by Crippen LogP contribution is 2.16. The van der Waals surface area contributed by atoms with Crippen molar-refractivity contribution in [2.45, 2.75) is 12.8 Å². The molecular weight excluding hydrogens is 182 g/mol. The van der Waals surface area contributed by atoms with Crippen LogP contribution < -0.4 is 0 Å². The van der Waals surface area contributed by atoms with E-state index in [1.54, 1.807) is 24.3 Å². The fraction of sp³-hybridized carbons (Fsp3) is 0.300. The summed E-state index contributed by atoms with van der Waals surface area (Å²) in [6, 6.07) is 8.81. The Morgan fingerprint density at radius 3 is 2.43 bits per heavy atom. The summed E-state index contributed by atoms with van der Waals surface area (Å²) >= 11 is 0. The van der Waals surface area contributed by atoms with Crippen LogP contribution in [0.5, 0.6) is 0 Å². The topological polar surface area (TPSA) is 60.2 Å². The van der Waals surface area contributed by atoms with E-state index in [0.29, 0.717) is 5.56 Å². The first-order chi connectivity index (χ1) is 6.61. The van der Waals surface area contributed by atoms with E-state index in [-0.39, 0.29) is 12.3 Å². The second kappa shape index (κ2) is 4.50.